The van der Waals surface area contributed by atoms with Crippen LogP contribution in [-0.4, -0.2) is 47.7 Å². The summed E-state index contributed by atoms with van der Waals surface area (Å²) < 4.78 is 0. The average molecular weight is 371 g/mol. The van der Waals surface area contributed by atoms with Crippen molar-refractivity contribution in [1.29, 1.82) is 0 Å². The summed E-state index contributed by atoms with van der Waals surface area (Å²) in [4.78, 5) is 30.9. The van der Waals surface area contributed by atoms with Gasteiger partial charge >= 0.3 is 0 Å². The Morgan fingerprint density at radius 1 is 0.962 bits per heavy atom. The smallest absolute Gasteiger partial charge is 0.223 e. The van der Waals surface area contributed by atoms with Crippen LogP contribution in [0.15, 0.2) is 42.5 Å². The molecule has 0 aliphatic carbocycles. The van der Waals surface area contributed by atoms with Gasteiger partial charge in [0.2, 0.25) is 5.91 Å². The van der Waals surface area contributed by atoms with Gasteiger partial charge in [-0.25, -0.2) is 0 Å². The predicted molar refractivity (Wildman–Crippen MR) is 106 cm³/mol. The zero-order chi connectivity index (χ0) is 18.4. The van der Waals surface area contributed by atoms with Crippen molar-refractivity contribution < 1.29 is 9.59 Å². The topological polar surface area (TPSA) is 40.6 Å². The van der Waals surface area contributed by atoms with Crippen LogP contribution in [0, 0.1) is 6.92 Å². The molecule has 0 radical (unpaired) electrons. The molecule has 0 saturated carbocycles. The van der Waals surface area contributed by atoms with E-state index in [1.165, 1.54) is 16.9 Å². The van der Waals surface area contributed by atoms with Gasteiger partial charge < -0.3 is 4.90 Å². The van der Waals surface area contributed by atoms with Crippen LogP contribution in [-0.2, 0) is 11.3 Å². The molecular weight excluding hydrogens is 344 g/mol. The van der Waals surface area contributed by atoms with Gasteiger partial charge in [0.15, 0.2) is 5.78 Å². The van der Waals surface area contributed by atoms with E-state index < -0.39 is 0 Å². The van der Waals surface area contributed by atoms with Crippen LogP contribution in [0.25, 0.3) is 0 Å². The molecule has 5 heteroatoms. The summed E-state index contributed by atoms with van der Waals surface area (Å²) in [5.41, 5.74) is 1.31. The minimum absolute atomic E-state index is 0.0805. The van der Waals surface area contributed by atoms with E-state index in [1.807, 2.05) is 30.0 Å². The fourth-order valence-electron chi connectivity index (χ4n) is 3.31. The normalized spacial score (nSPS) is 15.7. The highest BCUT2D eigenvalue weighted by Crippen LogP contribution is 2.18. The number of ketones is 1. The number of Topliss-reactive ketones (excluding diaryl/α,β-unsaturated/α-hetero) is 1. The largest absolute Gasteiger partial charge is 0.341 e. The lowest BCUT2D eigenvalue weighted by Crippen LogP contribution is -2.35. The number of hydrogen-bond donors (Lipinski definition) is 0. The molecule has 1 saturated heterocycles. The highest BCUT2D eigenvalue weighted by molar-refractivity contribution is 7.14. The zero-order valence-electron chi connectivity index (χ0n) is 15.3. The summed E-state index contributed by atoms with van der Waals surface area (Å²) in [6, 6.07) is 14.3. The first kappa shape index (κ1) is 18.8. The highest BCUT2D eigenvalue weighted by atomic mass is 32.1. The molecule has 0 unspecified atom stereocenters. The number of thiophene rings is 1. The molecule has 1 aromatic heterocycles. The molecule has 1 amide bonds. The van der Waals surface area contributed by atoms with Crippen molar-refractivity contribution in [1.82, 2.24) is 9.80 Å². The summed E-state index contributed by atoms with van der Waals surface area (Å²) >= 11 is 1.51. The van der Waals surface area contributed by atoms with Gasteiger partial charge in [-0.2, -0.15) is 0 Å². The van der Waals surface area contributed by atoms with Gasteiger partial charge in [-0.15, -0.1) is 11.3 Å². The summed E-state index contributed by atoms with van der Waals surface area (Å²) in [6.45, 7) is 6.35. The minimum atomic E-state index is 0.0805. The zero-order valence-corrected chi connectivity index (χ0v) is 16.1. The van der Waals surface area contributed by atoms with Crippen molar-refractivity contribution in [2.24, 2.45) is 0 Å². The van der Waals surface area contributed by atoms with Crippen LogP contribution in [0.3, 0.4) is 0 Å². The number of nitrogens with zero attached hydrogens (tertiary/aromatic N) is 2. The van der Waals surface area contributed by atoms with Crippen LogP contribution in [0.5, 0.6) is 0 Å². The monoisotopic (exact) mass is 370 g/mol. The van der Waals surface area contributed by atoms with Crippen molar-refractivity contribution in [3.8, 4) is 0 Å². The Morgan fingerprint density at radius 3 is 2.50 bits per heavy atom. The van der Waals surface area contributed by atoms with E-state index >= 15 is 0 Å². The Hall–Kier alpha value is -1.98. The van der Waals surface area contributed by atoms with Crippen molar-refractivity contribution in [3.05, 3.63) is 57.8 Å². The molecule has 1 aliphatic heterocycles. The second kappa shape index (κ2) is 9.10. The molecule has 0 atom stereocenters. The SMILES string of the molecule is Cc1ccc(C(=O)CCC(=O)N2CCCN(Cc3ccccc3)CC2)s1. The molecule has 0 bridgehead atoms. The molecular formula is C21H26N2O2S. The Kier molecular flexibility index (Phi) is 6.58. The summed E-state index contributed by atoms with van der Waals surface area (Å²) in [5.74, 6) is 0.185. The second-order valence-corrected chi connectivity index (χ2v) is 8.12. The number of hydrogen-bond acceptors (Lipinski definition) is 4. The minimum Gasteiger partial charge on any atom is -0.341 e. The fraction of sp³-hybridized carbons (Fsp3) is 0.429. The summed E-state index contributed by atoms with van der Waals surface area (Å²) in [7, 11) is 0. The average Bonchev–Trinajstić information content (AvgIpc) is 2.95. The highest BCUT2D eigenvalue weighted by Gasteiger charge is 2.20. The Bertz CT molecular complexity index is 741. The first-order valence-electron chi connectivity index (χ1n) is 9.25. The molecule has 138 valence electrons. The van der Waals surface area contributed by atoms with Gasteiger partial charge in [-0.3, -0.25) is 14.5 Å². The number of aryl methyl sites for hydroxylation is 1. The van der Waals surface area contributed by atoms with E-state index in [1.54, 1.807) is 0 Å². The van der Waals surface area contributed by atoms with Crippen molar-refractivity contribution in [2.45, 2.75) is 32.7 Å². The van der Waals surface area contributed by atoms with E-state index in [0.29, 0.717) is 12.8 Å². The fourth-order valence-corrected chi connectivity index (χ4v) is 4.14. The lowest BCUT2D eigenvalue weighted by molar-refractivity contribution is -0.131. The first-order valence-corrected chi connectivity index (χ1v) is 10.1. The van der Waals surface area contributed by atoms with Gasteiger partial charge in [0.25, 0.3) is 0 Å². The molecule has 2 heterocycles. The van der Waals surface area contributed by atoms with Gasteiger partial charge in [-0.1, -0.05) is 30.3 Å². The van der Waals surface area contributed by atoms with Crippen molar-refractivity contribution >= 4 is 23.0 Å². The number of rotatable bonds is 6. The lowest BCUT2D eigenvalue weighted by Gasteiger charge is -2.22. The van der Waals surface area contributed by atoms with Crippen molar-refractivity contribution in [3.63, 3.8) is 0 Å². The quantitative estimate of drug-likeness (QED) is 0.727. The third kappa shape index (κ3) is 5.26. The predicted octanol–water partition coefficient (Wildman–Crippen LogP) is 3.75. The molecule has 1 fully saturated rings. The second-order valence-electron chi connectivity index (χ2n) is 6.83. The van der Waals surface area contributed by atoms with Gasteiger partial charge in [0, 0.05) is 50.4 Å². The maximum absolute atomic E-state index is 12.5. The molecule has 1 aliphatic rings. The first-order chi connectivity index (χ1) is 12.6. The molecule has 3 rings (SSSR count). The third-order valence-electron chi connectivity index (χ3n) is 4.77. The summed E-state index contributed by atoms with van der Waals surface area (Å²) in [5, 5.41) is 0. The number of benzene rings is 1. The van der Waals surface area contributed by atoms with Crippen LogP contribution >= 0.6 is 11.3 Å². The number of carbonyl (C=O) groups is 2. The number of amides is 1. The molecule has 26 heavy (non-hydrogen) atoms. The molecule has 4 nitrogen and oxygen atoms in total. The Labute approximate surface area is 159 Å². The van der Waals surface area contributed by atoms with E-state index in [2.05, 4.69) is 29.2 Å². The standard InChI is InChI=1S/C21H26N2O2S/c1-17-8-10-20(26-17)19(24)9-11-21(25)23-13-5-12-22(14-15-23)16-18-6-3-2-4-7-18/h2-4,6-8,10H,5,9,11-16H2,1H3. The molecule has 0 N–H and O–H groups in total. The molecule has 0 spiro atoms. The van der Waals surface area contributed by atoms with Crippen LogP contribution < -0.4 is 0 Å². The van der Waals surface area contributed by atoms with Crippen LogP contribution in [0.4, 0.5) is 0 Å². The van der Waals surface area contributed by atoms with Crippen molar-refractivity contribution in [2.75, 3.05) is 26.2 Å². The Morgan fingerprint density at radius 2 is 1.77 bits per heavy atom. The number of carbonyl (C=O) groups excluding carboxylic acids is 2. The maximum Gasteiger partial charge on any atom is 0.223 e. The lowest BCUT2D eigenvalue weighted by atomic mass is 10.1. The third-order valence-corrected chi connectivity index (χ3v) is 5.81. The van der Waals surface area contributed by atoms with Gasteiger partial charge in [0.1, 0.15) is 0 Å². The maximum atomic E-state index is 12.5. The van der Waals surface area contributed by atoms with E-state index in [-0.39, 0.29) is 11.7 Å². The van der Waals surface area contributed by atoms with Gasteiger partial charge in [0.05, 0.1) is 4.88 Å². The molecule has 1 aromatic carbocycles. The van der Waals surface area contributed by atoms with E-state index in [0.717, 1.165) is 48.9 Å². The van der Waals surface area contributed by atoms with E-state index in [4.69, 9.17) is 0 Å². The van der Waals surface area contributed by atoms with Gasteiger partial charge in [-0.05, 0) is 31.0 Å². The molecule has 2 aromatic rings. The van der Waals surface area contributed by atoms with Crippen LogP contribution in [0.1, 0.15) is 39.4 Å². The summed E-state index contributed by atoms with van der Waals surface area (Å²) in [6.07, 6.45) is 1.61. The van der Waals surface area contributed by atoms with Crippen LogP contribution in [0.2, 0.25) is 0 Å². The Balaban J connectivity index is 1.46. The van der Waals surface area contributed by atoms with E-state index in [9.17, 15) is 9.59 Å².